The first-order valence-electron chi connectivity index (χ1n) is 7.19. The Morgan fingerprint density at radius 1 is 1.18 bits per heavy atom. The number of furan rings is 1. The Labute approximate surface area is 129 Å². The van der Waals surface area contributed by atoms with Crippen molar-refractivity contribution < 1.29 is 14.0 Å². The van der Waals surface area contributed by atoms with E-state index in [0.717, 1.165) is 11.1 Å². The normalized spacial score (nSPS) is 11.7. The van der Waals surface area contributed by atoms with Crippen molar-refractivity contribution in [1.29, 1.82) is 0 Å². The molecule has 1 heterocycles. The van der Waals surface area contributed by atoms with Crippen molar-refractivity contribution in [2.45, 2.75) is 32.9 Å². The summed E-state index contributed by atoms with van der Waals surface area (Å²) in [5.74, 6) is 0.254. The summed E-state index contributed by atoms with van der Waals surface area (Å²) in [4.78, 5) is 23.8. The molecule has 1 aromatic carbocycles. The van der Waals surface area contributed by atoms with Crippen LogP contribution in [0.1, 0.15) is 23.8 Å². The van der Waals surface area contributed by atoms with Gasteiger partial charge in [0.15, 0.2) is 0 Å². The molecule has 5 heteroatoms. The predicted octanol–water partition coefficient (Wildman–Crippen LogP) is 1.95. The fourth-order valence-corrected chi connectivity index (χ4v) is 1.99. The lowest BCUT2D eigenvalue weighted by Gasteiger charge is -2.13. The Morgan fingerprint density at radius 3 is 2.55 bits per heavy atom. The molecular weight excluding hydrogens is 280 g/mol. The van der Waals surface area contributed by atoms with Gasteiger partial charge >= 0.3 is 0 Å². The highest BCUT2D eigenvalue weighted by molar-refractivity contribution is 5.88. The topological polar surface area (TPSA) is 71.3 Å². The molecule has 116 valence electrons. The monoisotopic (exact) mass is 300 g/mol. The van der Waals surface area contributed by atoms with Crippen LogP contribution in [0.4, 0.5) is 0 Å². The summed E-state index contributed by atoms with van der Waals surface area (Å²) in [5.41, 5.74) is 2.07. The summed E-state index contributed by atoms with van der Waals surface area (Å²) >= 11 is 0. The van der Waals surface area contributed by atoms with Crippen molar-refractivity contribution in [2.75, 3.05) is 0 Å². The van der Waals surface area contributed by atoms with E-state index < -0.39 is 6.04 Å². The molecule has 2 rings (SSSR count). The molecule has 5 nitrogen and oxygen atoms in total. The molecule has 0 aliphatic heterocycles. The maximum atomic E-state index is 11.9. The zero-order chi connectivity index (χ0) is 15.9. The summed E-state index contributed by atoms with van der Waals surface area (Å²) in [6, 6.07) is 10.7. The fourth-order valence-electron chi connectivity index (χ4n) is 1.99. The molecule has 1 aromatic heterocycles. The Kier molecular flexibility index (Phi) is 5.36. The van der Waals surface area contributed by atoms with E-state index >= 15 is 0 Å². The smallest absolute Gasteiger partial charge is 0.242 e. The lowest BCUT2D eigenvalue weighted by molar-refractivity contribution is -0.128. The largest absolute Gasteiger partial charge is 0.467 e. The molecule has 0 saturated carbocycles. The Morgan fingerprint density at radius 2 is 1.91 bits per heavy atom. The second-order valence-electron chi connectivity index (χ2n) is 5.25. The summed E-state index contributed by atoms with van der Waals surface area (Å²) in [6.45, 7) is 3.96. The Hall–Kier alpha value is -2.56. The van der Waals surface area contributed by atoms with E-state index in [-0.39, 0.29) is 18.2 Å². The van der Waals surface area contributed by atoms with Gasteiger partial charge in [-0.3, -0.25) is 9.59 Å². The van der Waals surface area contributed by atoms with Gasteiger partial charge in [-0.15, -0.1) is 0 Å². The van der Waals surface area contributed by atoms with Gasteiger partial charge in [0.1, 0.15) is 11.8 Å². The van der Waals surface area contributed by atoms with Crippen LogP contribution in [-0.4, -0.2) is 17.9 Å². The van der Waals surface area contributed by atoms with Crippen molar-refractivity contribution in [1.82, 2.24) is 10.6 Å². The number of rotatable bonds is 6. The minimum Gasteiger partial charge on any atom is -0.467 e. The molecule has 0 radical (unpaired) electrons. The number of benzene rings is 1. The van der Waals surface area contributed by atoms with E-state index in [0.29, 0.717) is 12.3 Å². The van der Waals surface area contributed by atoms with Gasteiger partial charge in [0, 0.05) is 0 Å². The zero-order valence-corrected chi connectivity index (χ0v) is 12.8. The van der Waals surface area contributed by atoms with Gasteiger partial charge in [0.05, 0.1) is 19.2 Å². The van der Waals surface area contributed by atoms with Gasteiger partial charge in [-0.1, -0.05) is 29.8 Å². The van der Waals surface area contributed by atoms with Gasteiger partial charge in [0.2, 0.25) is 11.8 Å². The maximum Gasteiger partial charge on any atom is 0.242 e. The predicted molar refractivity (Wildman–Crippen MR) is 83.0 cm³/mol. The van der Waals surface area contributed by atoms with Crippen molar-refractivity contribution in [2.24, 2.45) is 0 Å². The van der Waals surface area contributed by atoms with Gasteiger partial charge < -0.3 is 15.1 Å². The van der Waals surface area contributed by atoms with E-state index in [4.69, 9.17) is 4.42 Å². The van der Waals surface area contributed by atoms with E-state index in [9.17, 15) is 9.59 Å². The van der Waals surface area contributed by atoms with E-state index in [2.05, 4.69) is 10.6 Å². The van der Waals surface area contributed by atoms with Crippen LogP contribution in [0.15, 0.2) is 47.1 Å². The third kappa shape index (κ3) is 4.77. The van der Waals surface area contributed by atoms with E-state index in [1.807, 2.05) is 31.2 Å². The molecule has 0 fully saturated rings. The Balaban J connectivity index is 1.77. The molecule has 2 amide bonds. The van der Waals surface area contributed by atoms with Crippen LogP contribution in [0.25, 0.3) is 0 Å². The first kappa shape index (κ1) is 15.8. The van der Waals surface area contributed by atoms with Crippen LogP contribution in [0.5, 0.6) is 0 Å². The van der Waals surface area contributed by atoms with Crippen LogP contribution in [0.3, 0.4) is 0 Å². The highest BCUT2D eigenvalue weighted by Crippen LogP contribution is 2.04. The third-order valence-electron chi connectivity index (χ3n) is 3.27. The first-order chi connectivity index (χ1) is 10.5. The van der Waals surface area contributed by atoms with Crippen molar-refractivity contribution in [3.05, 3.63) is 59.5 Å². The van der Waals surface area contributed by atoms with Crippen LogP contribution < -0.4 is 10.6 Å². The molecule has 0 spiro atoms. The van der Waals surface area contributed by atoms with Crippen LogP contribution >= 0.6 is 0 Å². The molecule has 1 unspecified atom stereocenters. The molecule has 22 heavy (non-hydrogen) atoms. The van der Waals surface area contributed by atoms with Gasteiger partial charge in [-0.2, -0.15) is 0 Å². The average Bonchev–Trinajstić information content (AvgIpc) is 3.00. The van der Waals surface area contributed by atoms with Crippen LogP contribution in [-0.2, 0) is 22.6 Å². The van der Waals surface area contributed by atoms with Crippen molar-refractivity contribution in [3.8, 4) is 0 Å². The minimum absolute atomic E-state index is 0.176. The number of carbonyl (C=O) groups is 2. The van der Waals surface area contributed by atoms with E-state index in [1.54, 1.807) is 25.3 Å². The molecule has 1 atom stereocenters. The summed E-state index contributed by atoms with van der Waals surface area (Å²) in [7, 11) is 0. The number of nitrogens with one attached hydrogen (secondary N) is 2. The number of aryl methyl sites for hydroxylation is 1. The van der Waals surface area contributed by atoms with Crippen molar-refractivity contribution in [3.63, 3.8) is 0 Å². The summed E-state index contributed by atoms with van der Waals surface area (Å²) < 4.78 is 5.13. The van der Waals surface area contributed by atoms with Gasteiger partial charge in [0.25, 0.3) is 0 Å². The van der Waals surface area contributed by atoms with Crippen molar-refractivity contribution >= 4 is 11.8 Å². The number of amides is 2. The van der Waals surface area contributed by atoms with Gasteiger partial charge in [-0.05, 0) is 31.5 Å². The standard InChI is InChI=1S/C17H20N2O3/c1-12-5-7-14(8-6-12)10-16(20)19-13(2)17(21)18-11-15-4-3-9-22-15/h3-9,13H,10-11H2,1-2H3,(H,18,21)(H,19,20). The second kappa shape index (κ2) is 7.45. The lowest BCUT2D eigenvalue weighted by Crippen LogP contribution is -2.45. The SMILES string of the molecule is Cc1ccc(CC(=O)NC(C)C(=O)NCc2ccco2)cc1. The average molecular weight is 300 g/mol. The van der Waals surface area contributed by atoms with Gasteiger partial charge in [-0.25, -0.2) is 0 Å². The number of carbonyl (C=O) groups excluding carboxylic acids is 2. The molecule has 0 saturated heterocycles. The molecule has 0 aliphatic rings. The third-order valence-corrected chi connectivity index (χ3v) is 3.27. The lowest BCUT2D eigenvalue weighted by atomic mass is 10.1. The van der Waals surface area contributed by atoms with E-state index in [1.165, 1.54) is 0 Å². The first-order valence-corrected chi connectivity index (χ1v) is 7.19. The molecule has 2 N–H and O–H groups in total. The Bertz CT molecular complexity index is 618. The van der Waals surface area contributed by atoms with Crippen LogP contribution in [0, 0.1) is 6.92 Å². The number of hydrogen-bond donors (Lipinski definition) is 2. The molecule has 0 bridgehead atoms. The van der Waals surface area contributed by atoms with Crippen LogP contribution in [0.2, 0.25) is 0 Å². The zero-order valence-electron chi connectivity index (χ0n) is 12.8. The minimum atomic E-state index is -0.590. The highest BCUT2D eigenvalue weighted by Gasteiger charge is 2.15. The quantitative estimate of drug-likeness (QED) is 0.856. The fraction of sp³-hybridized carbons (Fsp3) is 0.294. The second-order valence-corrected chi connectivity index (χ2v) is 5.25. The summed E-state index contributed by atoms with van der Waals surface area (Å²) in [5, 5.41) is 5.41. The highest BCUT2D eigenvalue weighted by atomic mass is 16.3. The molecular formula is C17H20N2O3. The number of hydrogen-bond acceptors (Lipinski definition) is 3. The molecule has 2 aromatic rings. The summed E-state index contributed by atoms with van der Waals surface area (Å²) in [6.07, 6.45) is 1.81. The maximum absolute atomic E-state index is 11.9. The molecule has 0 aliphatic carbocycles.